The number of halogens is 3. The first-order valence-electron chi connectivity index (χ1n) is 10.5. The third kappa shape index (κ3) is 4.24. The smallest absolute Gasteiger partial charge is 0.419 e. The van der Waals surface area contributed by atoms with E-state index < -0.39 is 11.7 Å². The predicted molar refractivity (Wildman–Crippen MR) is 108 cm³/mol. The molecule has 0 radical (unpaired) electrons. The van der Waals surface area contributed by atoms with Gasteiger partial charge >= 0.3 is 6.18 Å². The average molecular weight is 417 g/mol. The molecule has 2 aliphatic rings. The summed E-state index contributed by atoms with van der Waals surface area (Å²) in [4.78, 5) is 15.7. The Labute approximate surface area is 174 Å². The first-order chi connectivity index (χ1) is 14.4. The number of hydrogen-bond donors (Lipinski definition) is 0. The van der Waals surface area contributed by atoms with Crippen molar-refractivity contribution in [1.82, 2.24) is 4.90 Å². The highest BCUT2D eigenvalue weighted by Gasteiger charge is 2.41. The lowest BCUT2D eigenvalue weighted by atomic mass is 9.75. The van der Waals surface area contributed by atoms with E-state index in [2.05, 4.69) is 17.0 Å². The Bertz CT molecular complexity index is 883. The summed E-state index contributed by atoms with van der Waals surface area (Å²) in [5.41, 5.74) is 0.724. The zero-order valence-electron chi connectivity index (χ0n) is 17.0. The predicted octanol–water partition coefficient (Wildman–Crippen LogP) is 5.73. The van der Waals surface area contributed by atoms with Crippen molar-refractivity contribution in [2.45, 2.75) is 56.9 Å². The second-order valence-electron chi connectivity index (χ2n) is 8.34. The lowest BCUT2D eigenvalue weighted by Gasteiger charge is -2.48. The summed E-state index contributed by atoms with van der Waals surface area (Å²) < 4.78 is 44.3. The fourth-order valence-corrected chi connectivity index (χ4v) is 5.06. The molecule has 30 heavy (non-hydrogen) atoms. The van der Waals surface area contributed by atoms with Crippen LogP contribution in [0.25, 0.3) is 0 Å². The Balaban J connectivity index is 1.51. The number of ketones is 1. The number of hydrogen-bond acceptors (Lipinski definition) is 3. The molecule has 0 amide bonds. The molecule has 0 N–H and O–H groups in total. The molecule has 0 aromatic heterocycles. The van der Waals surface area contributed by atoms with Crippen molar-refractivity contribution in [2.75, 3.05) is 7.11 Å². The van der Waals surface area contributed by atoms with Crippen LogP contribution in [0.4, 0.5) is 13.2 Å². The monoisotopic (exact) mass is 417 g/mol. The van der Waals surface area contributed by atoms with Crippen molar-refractivity contribution in [3.63, 3.8) is 0 Å². The fourth-order valence-electron chi connectivity index (χ4n) is 5.06. The highest BCUT2D eigenvalue weighted by atomic mass is 19.4. The molecule has 2 heterocycles. The maximum atomic E-state index is 13.2. The van der Waals surface area contributed by atoms with E-state index in [1.165, 1.54) is 24.8 Å². The van der Waals surface area contributed by atoms with Gasteiger partial charge in [-0.05, 0) is 43.4 Å². The molecular weight excluding hydrogens is 391 g/mol. The van der Waals surface area contributed by atoms with Crippen molar-refractivity contribution in [1.29, 1.82) is 0 Å². The molecule has 2 aromatic carbocycles. The Kier molecular flexibility index (Phi) is 5.87. The normalized spacial score (nSPS) is 24.5. The molecule has 2 aliphatic heterocycles. The van der Waals surface area contributed by atoms with Crippen LogP contribution in [0, 0.1) is 5.92 Å². The Morgan fingerprint density at radius 3 is 2.33 bits per heavy atom. The molecule has 0 spiro atoms. The summed E-state index contributed by atoms with van der Waals surface area (Å²) in [5, 5.41) is 0. The lowest BCUT2D eigenvalue weighted by molar-refractivity contribution is -0.138. The third-order valence-corrected chi connectivity index (χ3v) is 6.50. The van der Waals surface area contributed by atoms with Crippen LogP contribution in [0.2, 0.25) is 0 Å². The molecular formula is C24H26F3NO2. The van der Waals surface area contributed by atoms with Gasteiger partial charge in [0.15, 0.2) is 5.78 Å². The molecule has 2 bridgehead atoms. The number of ether oxygens (including phenoxy) is 1. The molecule has 3 nitrogen and oxygen atoms in total. The Morgan fingerprint density at radius 1 is 1.07 bits per heavy atom. The van der Waals surface area contributed by atoms with E-state index in [1.54, 1.807) is 0 Å². The molecule has 2 unspecified atom stereocenters. The fraction of sp³-hybridized carbons (Fsp3) is 0.458. The van der Waals surface area contributed by atoms with Crippen LogP contribution in [0.1, 0.15) is 53.6 Å². The van der Waals surface area contributed by atoms with E-state index in [1.807, 2.05) is 18.2 Å². The number of rotatable bonds is 5. The molecule has 2 atom stereocenters. The number of methoxy groups -OCH3 is 1. The van der Waals surface area contributed by atoms with Gasteiger partial charge in [-0.3, -0.25) is 9.69 Å². The molecule has 0 saturated carbocycles. The molecule has 4 rings (SSSR count). The molecule has 6 heteroatoms. The van der Waals surface area contributed by atoms with Crippen LogP contribution in [0.15, 0.2) is 48.5 Å². The first kappa shape index (κ1) is 20.9. The van der Waals surface area contributed by atoms with Gasteiger partial charge in [0.05, 0.1) is 12.7 Å². The second-order valence-corrected chi connectivity index (χ2v) is 8.34. The maximum absolute atomic E-state index is 13.2. The van der Waals surface area contributed by atoms with Gasteiger partial charge in [-0.15, -0.1) is 0 Å². The van der Waals surface area contributed by atoms with Crippen LogP contribution in [-0.4, -0.2) is 29.9 Å². The summed E-state index contributed by atoms with van der Waals surface area (Å²) in [6.45, 7) is 0.880. The van der Waals surface area contributed by atoms with Gasteiger partial charge < -0.3 is 4.74 Å². The van der Waals surface area contributed by atoms with Crippen molar-refractivity contribution < 1.29 is 22.7 Å². The lowest BCUT2D eigenvalue weighted by Crippen LogP contribution is -2.52. The number of carbonyl (C=O) groups is 1. The minimum atomic E-state index is -4.51. The van der Waals surface area contributed by atoms with Crippen molar-refractivity contribution >= 4 is 5.78 Å². The topological polar surface area (TPSA) is 29.5 Å². The number of fused-ring (bicyclic) bond motifs is 2. The first-order valence-corrected chi connectivity index (χ1v) is 10.5. The SMILES string of the molecule is COc1cc(C(=O)C2CC3CCCC(C2)N3Cc2ccccc2)ccc1C(F)(F)F. The quantitative estimate of drug-likeness (QED) is 0.582. The van der Waals surface area contributed by atoms with Crippen LogP contribution in [0.3, 0.4) is 0 Å². The molecule has 2 fully saturated rings. The largest absolute Gasteiger partial charge is 0.496 e. The van der Waals surface area contributed by atoms with Crippen molar-refractivity contribution in [3.8, 4) is 5.75 Å². The third-order valence-electron chi connectivity index (χ3n) is 6.50. The van der Waals surface area contributed by atoms with E-state index >= 15 is 0 Å². The number of piperidine rings is 2. The number of nitrogens with zero attached hydrogens (tertiary/aromatic N) is 1. The van der Waals surface area contributed by atoms with Crippen molar-refractivity contribution in [2.24, 2.45) is 5.92 Å². The van der Waals surface area contributed by atoms with E-state index in [0.717, 1.165) is 44.7 Å². The zero-order valence-corrected chi connectivity index (χ0v) is 17.0. The van der Waals surface area contributed by atoms with E-state index in [4.69, 9.17) is 4.74 Å². The van der Waals surface area contributed by atoms with E-state index in [0.29, 0.717) is 17.6 Å². The molecule has 2 aromatic rings. The van der Waals surface area contributed by atoms with Crippen LogP contribution >= 0.6 is 0 Å². The summed E-state index contributed by atoms with van der Waals surface area (Å²) in [5.74, 6) is -0.526. The highest BCUT2D eigenvalue weighted by molar-refractivity contribution is 5.98. The van der Waals surface area contributed by atoms with Gasteiger partial charge in [-0.25, -0.2) is 0 Å². The van der Waals surface area contributed by atoms with Gasteiger partial charge in [-0.2, -0.15) is 13.2 Å². The van der Waals surface area contributed by atoms with Crippen LogP contribution < -0.4 is 4.74 Å². The summed E-state index contributed by atoms with van der Waals surface area (Å²) >= 11 is 0. The summed E-state index contributed by atoms with van der Waals surface area (Å²) in [7, 11) is 1.20. The molecule has 0 aliphatic carbocycles. The van der Waals surface area contributed by atoms with E-state index in [-0.39, 0.29) is 17.5 Å². The molecule has 160 valence electrons. The number of benzene rings is 2. The number of carbonyl (C=O) groups excluding carboxylic acids is 1. The average Bonchev–Trinajstić information content (AvgIpc) is 2.72. The van der Waals surface area contributed by atoms with E-state index in [9.17, 15) is 18.0 Å². The van der Waals surface area contributed by atoms with Gasteiger partial charge in [0, 0.05) is 30.1 Å². The Hall–Kier alpha value is -2.34. The minimum absolute atomic E-state index is 0.0710. The highest BCUT2D eigenvalue weighted by Crippen LogP contribution is 2.41. The standard InChI is InChI=1S/C24H26F3NO2/c1-30-22-14-17(10-11-21(22)24(25,26)27)23(29)18-12-19-8-5-9-20(13-18)28(19)15-16-6-3-2-4-7-16/h2-4,6-7,10-11,14,18-20H,5,8-9,12-13,15H2,1H3. The Morgan fingerprint density at radius 2 is 1.73 bits per heavy atom. The minimum Gasteiger partial charge on any atom is -0.496 e. The summed E-state index contributed by atoms with van der Waals surface area (Å²) in [6, 6.07) is 14.5. The van der Waals surface area contributed by atoms with Gasteiger partial charge in [0.2, 0.25) is 0 Å². The maximum Gasteiger partial charge on any atom is 0.419 e. The second kappa shape index (κ2) is 8.42. The zero-order chi connectivity index (χ0) is 21.3. The number of Topliss-reactive ketones (excluding diaryl/α,β-unsaturated/α-hetero) is 1. The van der Waals surface area contributed by atoms with Gasteiger partial charge in [0.25, 0.3) is 0 Å². The van der Waals surface area contributed by atoms with Gasteiger partial charge in [0.1, 0.15) is 5.75 Å². The number of alkyl halides is 3. The van der Waals surface area contributed by atoms with Crippen LogP contribution in [-0.2, 0) is 12.7 Å². The van der Waals surface area contributed by atoms with Crippen LogP contribution in [0.5, 0.6) is 5.75 Å². The molecule has 2 saturated heterocycles. The van der Waals surface area contributed by atoms with Gasteiger partial charge in [-0.1, -0.05) is 42.8 Å². The summed E-state index contributed by atoms with van der Waals surface area (Å²) in [6.07, 6.45) is 0.284. The van der Waals surface area contributed by atoms with Crippen molar-refractivity contribution in [3.05, 3.63) is 65.2 Å².